The van der Waals surface area contributed by atoms with Gasteiger partial charge in [-0.25, -0.2) is 0 Å². The van der Waals surface area contributed by atoms with Crippen LogP contribution < -0.4 is 11.1 Å². The molecule has 0 saturated carbocycles. The Kier molecular flexibility index (Phi) is 5.57. The normalized spacial score (nSPS) is 24.2. The number of piperazine rings is 1. The van der Waals surface area contributed by atoms with E-state index in [2.05, 4.69) is 4.90 Å². The van der Waals surface area contributed by atoms with Crippen LogP contribution in [0, 0.1) is 0 Å². The maximum absolute atomic E-state index is 12.1. The van der Waals surface area contributed by atoms with E-state index in [1.54, 1.807) is 6.92 Å². The first-order chi connectivity index (χ1) is 8.74. The quantitative estimate of drug-likeness (QED) is 0.738. The number of carbonyl (C=O) groups excluding carboxylic acids is 1. The molecule has 2 unspecified atom stereocenters. The molecule has 1 aliphatic heterocycles. The number of carbonyl (C=O) groups is 1. The van der Waals surface area contributed by atoms with Crippen LogP contribution in [0.4, 0.5) is 13.2 Å². The van der Waals surface area contributed by atoms with Crippen LogP contribution in [0.15, 0.2) is 0 Å². The third kappa shape index (κ3) is 4.96. The number of nitrogens with two attached hydrogens (primary N) is 1. The van der Waals surface area contributed by atoms with Crippen molar-refractivity contribution in [3.8, 4) is 0 Å². The van der Waals surface area contributed by atoms with Crippen LogP contribution in [0.2, 0.25) is 0 Å². The van der Waals surface area contributed by atoms with Gasteiger partial charge in [-0.2, -0.15) is 13.2 Å². The van der Waals surface area contributed by atoms with Crippen molar-refractivity contribution in [1.82, 2.24) is 15.1 Å². The van der Waals surface area contributed by atoms with E-state index in [-0.39, 0.29) is 6.04 Å². The number of amides is 1. The van der Waals surface area contributed by atoms with Gasteiger partial charge < -0.3 is 16.0 Å². The SMILES string of the molecule is CC(C(=O)NCC(F)(F)F)N1CCN(C)CC1CN. The number of nitrogens with one attached hydrogen (secondary N) is 1. The molecule has 112 valence electrons. The maximum Gasteiger partial charge on any atom is 0.405 e. The number of hydrogen-bond acceptors (Lipinski definition) is 4. The molecule has 1 amide bonds. The highest BCUT2D eigenvalue weighted by molar-refractivity contribution is 5.81. The highest BCUT2D eigenvalue weighted by atomic mass is 19.4. The fourth-order valence-electron chi connectivity index (χ4n) is 2.23. The minimum absolute atomic E-state index is 0.00890. The molecule has 1 heterocycles. The molecule has 1 fully saturated rings. The Balaban J connectivity index is 2.55. The van der Waals surface area contributed by atoms with Gasteiger partial charge in [-0.1, -0.05) is 0 Å². The number of likely N-dealkylation sites (N-methyl/N-ethyl adjacent to an activating group) is 1. The summed E-state index contributed by atoms with van der Waals surface area (Å²) in [5.74, 6) is -0.611. The van der Waals surface area contributed by atoms with Gasteiger partial charge in [0.2, 0.25) is 5.91 Å². The fraction of sp³-hybridized carbons (Fsp3) is 0.909. The summed E-state index contributed by atoms with van der Waals surface area (Å²) in [6, 6.07) is -0.616. The molecule has 0 aromatic carbocycles. The molecule has 1 saturated heterocycles. The van der Waals surface area contributed by atoms with Crippen molar-refractivity contribution in [1.29, 1.82) is 0 Å². The zero-order valence-corrected chi connectivity index (χ0v) is 11.2. The van der Waals surface area contributed by atoms with Crippen LogP contribution in [0.3, 0.4) is 0 Å². The van der Waals surface area contributed by atoms with Gasteiger partial charge in [0.15, 0.2) is 0 Å². The molecular weight excluding hydrogens is 261 g/mol. The number of nitrogens with zero attached hydrogens (tertiary/aromatic N) is 2. The van der Waals surface area contributed by atoms with Crippen molar-refractivity contribution in [3.05, 3.63) is 0 Å². The molecule has 8 heteroatoms. The molecule has 0 bridgehead atoms. The van der Waals surface area contributed by atoms with Crippen LogP contribution in [0.25, 0.3) is 0 Å². The molecule has 0 spiro atoms. The molecule has 0 radical (unpaired) electrons. The highest BCUT2D eigenvalue weighted by Gasteiger charge is 2.33. The zero-order valence-electron chi connectivity index (χ0n) is 11.2. The summed E-state index contributed by atoms with van der Waals surface area (Å²) < 4.78 is 36.2. The maximum atomic E-state index is 12.1. The summed E-state index contributed by atoms with van der Waals surface area (Å²) in [5, 5.41) is 1.92. The lowest BCUT2D eigenvalue weighted by Gasteiger charge is -2.42. The van der Waals surface area contributed by atoms with Gasteiger partial charge in [0, 0.05) is 32.2 Å². The smallest absolute Gasteiger partial charge is 0.346 e. The standard InChI is InChI=1S/C11H21F3N4O/c1-8(10(19)16-7-11(12,13)14)18-4-3-17(2)6-9(18)5-15/h8-9H,3-7,15H2,1-2H3,(H,16,19). The molecule has 19 heavy (non-hydrogen) atoms. The van der Waals surface area contributed by atoms with Crippen molar-refractivity contribution in [2.45, 2.75) is 25.2 Å². The monoisotopic (exact) mass is 282 g/mol. The van der Waals surface area contributed by atoms with E-state index in [0.29, 0.717) is 19.6 Å². The average molecular weight is 282 g/mol. The third-order valence-corrected chi connectivity index (χ3v) is 3.34. The Morgan fingerprint density at radius 1 is 1.47 bits per heavy atom. The Bertz CT molecular complexity index is 311. The molecular formula is C11H21F3N4O. The predicted molar refractivity (Wildman–Crippen MR) is 65.6 cm³/mol. The zero-order chi connectivity index (χ0) is 14.6. The lowest BCUT2D eigenvalue weighted by Crippen LogP contribution is -2.60. The molecule has 1 aliphatic rings. The molecule has 3 N–H and O–H groups in total. The Hall–Kier alpha value is -0.860. The number of halogens is 3. The van der Waals surface area contributed by atoms with E-state index >= 15 is 0 Å². The van der Waals surface area contributed by atoms with E-state index in [9.17, 15) is 18.0 Å². The summed E-state index contributed by atoms with van der Waals surface area (Å²) in [5.41, 5.74) is 5.66. The van der Waals surface area contributed by atoms with Crippen LogP contribution in [0.5, 0.6) is 0 Å². The molecule has 0 aromatic rings. The van der Waals surface area contributed by atoms with Crippen LogP contribution >= 0.6 is 0 Å². The molecule has 0 aliphatic carbocycles. The second-order valence-electron chi connectivity index (χ2n) is 4.90. The summed E-state index contributed by atoms with van der Waals surface area (Å²) in [6.07, 6.45) is -4.38. The van der Waals surface area contributed by atoms with Crippen molar-refractivity contribution >= 4 is 5.91 Å². The first kappa shape index (κ1) is 16.2. The molecule has 5 nitrogen and oxygen atoms in total. The van der Waals surface area contributed by atoms with E-state index in [0.717, 1.165) is 6.54 Å². The van der Waals surface area contributed by atoms with Gasteiger partial charge >= 0.3 is 6.18 Å². The lowest BCUT2D eigenvalue weighted by atomic mass is 10.1. The van der Waals surface area contributed by atoms with Crippen molar-refractivity contribution in [3.63, 3.8) is 0 Å². The van der Waals surface area contributed by atoms with Gasteiger partial charge in [0.05, 0.1) is 6.04 Å². The van der Waals surface area contributed by atoms with Crippen molar-refractivity contribution in [2.24, 2.45) is 5.73 Å². The second kappa shape index (κ2) is 6.53. The summed E-state index contributed by atoms with van der Waals surface area (Å²) in [4.78, 5) is 15.7. The van der Waals surface area contributed by atoms with Gasteiger partial charge in [-0.15, -0.1) is 0 Å². The topological polar surface area (TPSA) is 61.6 Å². The largest absolute Gasteiger partial charge is 0.405 e. The number of alkyl halides is 3. The van der Waals surface area contributed by atoms with Crippen molar-refractivity contribution < 1.29 is 18.0 Å². The van der Waals surface area contributed by atoms with Crippen molar-refractivity contribution in [2.75, 3.05) is 39.8 Å². The molecule has 1 rings (SSSR count). The fourth-order valence-corrected chi connectivity index (χ4v) is 2.23. The summed E-state index contributed by atoms with van der Waals surface area (Å²) >= 11 is 0. The Morgan fingerprint density at radius 2 is 2.11 bits per heavy atom. The Morgan fingerprint density at radius 3 is 2.63 bits per heavy atom. The van der Waals surface area contributed by atoms with Crippen LogP contribution in [-0.2, 0) is 4.79 Å². The van der Waals surface area contributed by atoms with Gasteiger partial charge in [0.1, 0.15) is 6.54 Å². The summed E-state index contributed by atoms with van der Waals surface area (Å²) in [7, 11) is 1.95. The predicted octanol–water partition coefficient (Wildman–Crippen LogP) is -0.372. The van der Waals surface area contributed by atoms with Crippen LogP contribution in [-0.4, -0.2) is 73.7 Å². The minimum atomic E-state index is -4.38. The molecule has 2 atom stereocenters. The first-order valence-corrected chi connectivity index (χ1v) is 6.23. The first-order valence-electron chi connectivity index (χ1n) is 6.23. The number of rotatable bonds is 4. The number of hydrogen-bond donors (Lipinski definition) is 2. The summed E-state index contributed by atoms with van der Waals surface area (Å²) in [6.45, 7) is 2.80. The average Bonchev–Trinajstić information content (AvgIpc) is 2.34. The van der Waals surface area contributed by atoms with Gasteiger partial charge in [0.25, 0.3) is 0 Å². The minimum Gasteiger partial charge on any atom is -0.346 e. The van der Waals surface area contributed by atoms with E-state index in [1.807, 2.05) is 17.3 Å². The molecule has 0 aromatic heterocycles. The second-order valence-corrected chi connectivity index (χ2v) is 4.90. The lowest BCUT2D eigenvalue weighted by molar-refractivity contribution is -0.142. The van der Waals surface area contributed by atoms with Gasteiger partial charge in [-0.3, -0.25) is 9.69 Å². The van der Waals surface area contributed by atoms with E-state index < -0.39 is 24.7 Å². The van der Waals surface area contributed by atoms with E-state index in [1.165, 1.54) is 0 Å². The van der Waals surface area contributed by atoms with Crippen LogP contribution in [0.1, 0.15) is 6.92 Å². The Labute approximate surface area is 110 Å². The van der Waals surface area contributed by atoms with Gasteiger partial charge in [-0.05, 0) is 14.0 Å². The van der Waals surface area contributed by atoms with E-state index in [4.69, 9.17) is 5.73 Å². The third-order valence-electron chi connectivity index (χ3n) is 3.34. The highest BCUT2D eigenvalue weighted by Crippen LogP contribution is 2.14.